The molecule has 2 rings (SSSR count). The van der Waals surface area contributed by atoms with E-state index in [2.05, 4.69) is 24.7 Å². The molecule has 1 saturated heterocycles. The molecule has 178 valence electrons. The topological polar surface area (TPSA) is 240 Å². The standard InChI is InChI=1S/C12H22N3O13P3/c1-2-5-24-8-6-11(15-4-3-10(13)14-12(15)16)26-9(8)7-25-30(20,21)28-31(22,23)27-29(17,18)19/h2-4,8-9,11-12,16H,1,5-7H2,(H2,13,14)(H,20,21)(H,22,23)(H2,17,18,19)/t8?,9-,11-,12?/m1/s1. The van der Waals surface area contributed by atoms with E-state index in [1.54, 1.807) is 0 Å². The third-order valence-corrected chi connectivity index (χ3v) is 7.51. The highest BCUT2D eigenvalue weighted by Crippen LogP contribution is 2.66. The van der Waals surface area contributed by atoms with Gasteiger partial charge in [0, 0.05) is 12.6 Å². The van der Waals surface area contributed by atoms with Crippen LogP contribution in [0.25, 0.3) is 0 Å². The summed E-state index contributed by atoms with van der Waals surface area (Å²) in [6, 6.07) is 0. The molecular formula is C12H22N3O13P3. The highest BCUT2D eigenvalue weighted by atomic mass is 31.3. The number of nitrogens with zero attached hydrogens (tertiary/aromatic N) is 2. The van der Waals surface area contributed by atoms with Crippen LogP contribution in [0.1, 0.15) is 6.42 Å². The number of rotatable bonds is 11. The first-order valence-corrected chi connectivity index (χ1v) is 12.9. The van der Waals surface area contributed by atoms with Gasteiger partial charge in [-0.2, -0.15) is 8.62 Å². The molecule has 0 bridgehead atoms. The summed E-state index contributed by atoms with van der Waals surface area (Å²) < 4.78 is 57.0. The molecule has 0 amide bonds. The summed E-state index contributed by atoms with van der Waals surface area (Å²) in [5, 5.41) is 10.0. The smallest absolute Gasteiger partial charge is 0.384 e. The largest absolute Gasteiger partial charge is 0.490 e. The number of phosphoric ester groups is 1. The highest BCUT2D eigenvalue weighted by molar-refractivity contribution is 7.66. The van der Waals surface area contributed by atoms with Gasteiger partial charge in [-0.05, 0) is 6.08 Å². The quantitative estimate of drug-likeness (QED) is 0.152. The van der Waals surface area contributed by atoms with E-state index in [9.17, 15) is 28.6 Å². The van der Waals surface area contributed by atoms with Crippen LogP contribution in [0.3, 0.4) is 0 Å². The maximum atomic E-state index is 11.9. The van der Waals surface area contributed by atoms with Crippen molar-refractivity contribution >= 4 is 29.3 Å². The summed E-state index contributed by atoms with van der Waals surface area (Å²) in [5.74, 6) is 0.0883. The number of hydrogen-bond donors (Lipinski definition) is 6. The third-order valence-electron chi connectivity index (χ3n) is 3.71. The Morgan fingerprint density at radius 2 is 1.94 bits per heavy atom. The number of ether oxygens (including phenoxy) is 2. The van der Waals surface area contributed by atoms with Crippen molar-refractivity contribution in [3.63, 3.8) is 0 Å². The van der Waals surface area contributed by atoms with Gasteiger partial charge in [0.1, 0.15) is 18.2 Å². The summed E-state index contributed by atoms with van der Waals surface area (Å²) in [6.45, 7) is 2.87. The molecule has 0 aromatic rings. The predicted molar refractivity (Wildman–Crippen MR) is 102 cm³/mol. The lowest BCUT2D eigenvalue weighted by Gasteiger charge is -2.31. The monoisotopic (exact) mass is 509 g/mol. The Morgan fingerprint density at radius 3 is 2.52 bits per heavy atom. The van der Waals surface area contributed by atoms with Gasteiger partial charge in [-0.25, -0.2) is 18.7 Å². The number of nitrogens with two attached hydrogens (primary N) is 1. The molecule has 31 heavy (non-hydrogen) atoms. The molecule has 0 radical (unpaired) electrons. The average molecular weight is 509 g/mol. The molecule has 1 fully saturated rings. The molecule has 0 aliphatic carbocycles. The first kappa shape index (κ1) is 26.3. The number of aliphatic hydroxyl groups excluding tert-OH is 1. The van der Waals surface area contributed by atoms with Crippen LogP contribution in [-0.4, -0.2) is 73.4 Å². The van der Waals surface area contributed by atoms with Crippen molar-refractivity contribution in [3.05, 3.63) is 24.9 Å². The molecule has 0 aromatic heterocycles. The van der Waals surface area contributed by atoms with Crippen molar-refractivity contribution in [2.75, 3.05) is 13.2 Å². The molecule has 2 aliphatic rings. The SMILES string of the molecule is C=CCOC1C[C@H](N2C=CC(N)=NC2O)O[C@@H]1COP(=O)(O)OP(=O)(O)OP(=O)(O)O. The van der Waals surface area contributed by atoms with E-state index in [4.69, 9.17) is 25.0 Å². The second-order valence-electron chi connectivity index (χ2n) is 6.08. The van der Waals surface area contributed by atoms with Crippen molar-refractivity contribution in [3.8, 4) is 0 Å². The van der Waals surface area contributed by atoms with Crippen molar-refractivity contribution in [2.24, 2.45) is 10.7 Å². The van der Waals surface area contributed by atoms with E-state index < -0.39 is 54.9 Å². The lowest BCUT2D eigenvalue weighted by molar-refractivity contribution is -0.111. The summed E-state index contributed by atoms with van der Waals surface area (Å²) in [5.41, 5.74) is 5.50. The lowest BCUT2D eigenvalue weighted by atomic mass is 10.2. The van der Waals surface area contributed by atoms with Crippen LogP contribution in [0.15, 0.2) is 29.9 Å². The molecular weight excluding hydrogens is 487 g/mol. The Labute approximate surface area is 176 Å². The summed E-state index contributed by atoms with van der Waals surface area (Å²) in [4.78, 5) is 40.9. The molecule has 7 N–H and O–H groups in total. The molecule has 6 atom stereocenters. The zero-order valence-electron chi connectivity index (χ0n) is 15.7. The Kier molecular flexibility index (Phi) is 8.75. The van der Waals surface area contributed by atoms with Crippen LogP contribution in [0, 0.1) is 0 Å². The summed E-state index contributed by atoms with van der Waals surface area (Å²) in [6.07, 6.45) is 0.488. The van der Waals surface area contributed by atoms with Crippen molar-refractivity contribution in [1.29, 1.82) is 0 Å². The third kappa shape index (κ3) is 8.48. The normalized spacial score (nSPS) is 30.5. The van der Waals surface area contributed by atoms with Crippen LogP contribution < -0.4 is 5.73 Å². The van der Waals surface area contributed by atoms with E-state index in [1.807, 2.05) is 0 Å². The Morgan fingerprint density at radius 1 is 1.26 bits per heavy atom. The fourth-order valence-electron chi connectivity index (χ4n) is 2.60. The zero-order valence-corrected chi connectivity index (χ0v) is 18.4. The molecule has 4 unspecified atom stereocenters. The number of aliphatic imine (C=N–C) groups is 1. The lowest BCUT2D eigenvalue weighted by Crippen LogP contribution is -2.41. The first-order chi connectivity index (χ1) is 14.2. The first-order valence-electron chi connectivity index (χ1n) is 8.34. The van der Waals surface area contributed by atoms with Crippen molar-refractivity contribution in [2.45, 2.75) is 31.2 Å². The van der Waals surface area contributed by atoms with Crippen LogP contribution in [0.5, 0.6) is 0 Å². The number of amidine groups is 1. The van der Waals surface area contributed by atoms with E-state index in [0.717, 1.165) is 0 Å². The van der Waals surface area contributed by atoms with Crippen LogP contribution in [0.4, 0.5) is 0 Å². The Hall–Kier alpha value is -0.960. The molecule has 2 heterocycles. The molecule has 16 nitrogen and oxygen atoms in total. The van der Waals surface area contributed by atoms with E-state index >= 15 is 0 Å². The summed E-state index contributed by atoms with van der Waals surface area (Å²) in [7, 11) is -16.5. The van der Waals surface area contributed by atoms with Gasteiger partial charge in [0.15, 0.2) is 0 Å². The van der Waals surface area contributed by atoms with Gasteiger partial charge >= 0.3 is 23.5 Å². The van der Waals surface area contributed by atoms with E-state index in [0.29, 0.717) is 0 Å². The zero-order chi connectivity index (χ0) is 23.4. The van der Waals surface area contributed by atoms with Gasteiger partial charge in [-0.15, -0.1) is 6.58 Å². The second kappa shape index (κ2) is 10.3. The van der Waals surface area contributed by atoms with Gasteiger partial charge < -0.3 is 44.8 Å². The molecule has 19 heteroatoms. The van der Waals surface area contributed by atoms with Gasteiger partial charge in [0.2, 0.25) is 6.35 Å². The fraction of sp³-hybridized carbons (Fsp3) is 0.583. The van der Waals surface area contributed by atoms with Crippen molar-refractivity contribution < 1.29 is 61.0 Å². The Bertz CT molecular complexity index is 860. The van der Waals surface area contributed by atoms with Crippen molar-refractivity contribution in [1.82, 2.24) is 4.90 Å². The molecule has 2 aliphatic heterocycles. The van der Waals surface area contributed by atoms with Gasteiger partial charge in [0.05, 0.1) is 19.3 Å². The minimum absolute atomic E-state index is 0.0794. The summed E-state index contributed by atoms with van der Waals surface area (Å²) >= 11 is 0. The molecule has 0 saturated carbocycles. The van der Waals surface area contributed by atoms with Crippen LogP contribution in [-0.2, 0) is 36.3 Å². The minimum atomic E-state index is -5.64. The second-order valence-corrected chi connectivity index (χ2v) is 10.5. The molecule has 0 spiro atoms. The maximum absolute atomic E-state index is 11.9. The van der Waals surface area contributed by atoms with Crippen LogP contribution in [0.2, 0.25) is 0 Å². The van der Waals surface area contributed by atoms with Crippen LogP contribution >= 0.6 is 23.5 Å². The predicted octanol–water partition coefficient (Wildman–Crippen LogP) is -0.522. The maximum Gasteiger partial charge on any atom is 0.490 e. The van der Waals surface area contributed by atoms with E-state index in [-0.39, 0.29) is 18.9 Å². The van der Waals surface area contributed by atoms with Gasteiger partial charge in [0.25, 0.3) is 0 Å². The van der Waals surface area contributed by atoms with Gasteiger partial charge in [-0.3, -0.25) is 4.52 Å². The highest BCUT2D eigenvalue weighted by Gasteiger charge is 2.44. The fourth-order valence-corrected chi connectivity index (χ4v) is 5.63. The Balaban J connectivity index is 2.03. The minimum Gasteiger partial charge on any atom is -0.384 e. The average Bonchev–Trinajstić information content (AvgIpc) is 2.97. The van der Waals surface area contributed by atoms with Gasteiger partial charge in [-0.1, -0.05) is 6.08 Å². The number of aliphatic hydroxyl groups is 1. The van der Waals surface area contributed by atoms with E-state index in [1.165, 1.54) is 23.3 Å². The molecule has 0 aromatic carbocycles. The number of phosphoric acid groups is 3. The number of hydrogen-bond acceptors (Lipinski definition) is 12.